The van der Waals surface area contributed by atoms with Crippen LogP contribution >= 0.6 is 22.9 Å². The summed E-state index contributed by atoms with van der Waals surface area (Å²) in [6.45, 7) is 0.790. The van der Waals surface area contributed by atoms with E-state index in [1.165, 1.54) is 29.7 Å². The van der Waals surface area contributed by atoms with Crippen LogP contribution in [-0.4, -0.2) is 10.2 Å². The zero-order valence-corrected chi connectivity index (χ0v) is 13.0. The highest BCUT2D eigenvalue weighted by atomic mass is 35.5. The van der Waals surface area contributed by atoms with Gasteiger partial charge in [0.25, 0.3) is 0 Å². The Kier molecular flexibility index (Phi) is 3.28. The normalized spacial score (nSPS) is 13.6. The van der Waals surface area contributed by atoms with Crippen LogP contribution in [0.15, 0.2) is 30.3 Å². The van der Waals surface area contributed by atoms with Crippen molar-refractivity contribution in [2.75, 3.05) is 5.32 Å². The van der Waals surface area contributed by atoms with E-state index >= 15 is 0 Å². The number of aromatic nitrogens is 2. The van der Waals surface area contributed by atoms with E-state index in [4.69, 9.17) is 11.6 Å². The molecule has 0 saturated carbocycles. The minimum atomic E-state index is 0.450. The lowest BCUT2D eigenvalue weighted by molar-refractivity contribution is 0.913. The average molecular weight is 316 g/mol. The van der Waals surface area contributed by atoms with E-state index in [-0.39, 0.29) is 0 Å². The highest BCUT2D eigenvalue weighted by Crippen LogP contribution is 2.31. The quantitative estimate of drug-likeness (QED) is 0.776. The van der Waals surface area contributed by atoms with Crippen LogP contribution in [0.25, 0.3) is 10.8 Å². The smallest absolute Gasteiger partial charge is 0.159 e. The molecule has 21 heavy (non-hydrogen) atoms. The topological polar surface area (TPSA) is 37.8 Å². The summed E-state index contributed by atoms with van der Waals surface area (Å²) in [4.78, 5) is 2.92. The maximum absolute atomic E-state index is 6.10. The van der Waals surface area contributed by atoms with Crippen LogP contribution < -0.4 is 5.32 Å². The number of nitrogens with one attached hydrogen (secondary N) is 1. The van der Waals surface area contributed by atoms with Crippen molar-refractivity contribution in [2.24, 2.45) is 0 Å². The predicted octanol–water partition coefficient (Wildman–Crippen LogP) is 4.45. The number of rotatable bonds is 3. The highest BCUT2D eigenvalue weighted by molar-refractivity contribution is 7.12. The molecule has 0 amide bonds. The van der Waals surface area contributed by atoms with E-state index in [9.17, 15) is 0 Å². The van der Waals surface area contributed by atoms with E-state index in [1.807, 2.05) is 35.6 Å². The Morgan fingerprint density at radius 1 is 1.14 bits per heavy atom. The molecule has 2 aromatic heterocycles. The van der Waals surface area contributed by atoms with E-state index in [0.29, 0.717) is 5.15 Å². The SMILES string of the molecule is Clc1nnc(NCc2cc3c(s2)CCC3)c2ccccc12. The van der Waals surface area contributed by atoms with E-state index < -0.39 is 0 Å². The molecule has 106 valence electrons. The molecule has 2 heterocycles. The maximum atomic E-state index is 6.10. The summed E-state index contributed by atoms with van der Waals surface area (Å²) in [5.74, 6) is 0.795. The van der Waals surface area contributed by atoms with Gasteiger partial charge in [-0.25, -0.2) is 0 Å². The molecule has 1 aromatic carbocycles. The Hall–Kier alpha value is -1.65. The minimum absolute atomic E-state index is 0.450. The van der Waals surface area contributed by atoms with Crippen LogP contribution in [0.4, 0.5) is 5.82 Å². The molecule has 4 rings (SSSR count). The lowest BCUT2D eigenvalue weighted by Gasteiger charge is -2.07. The molecule has 0 aliphatic heterocycles. The van der Waals surface area contributed by atoms with Gasteiger partial charge in [0.1, 0.15) is 0 Å². The van der Waals surface area contributed by atoms with E-state index in [0.717, 1.165) is 23.1 Å². The fraction of sp³-hybridized carbons (Fsp3) is 0.250. The molecule has 0 spiro atoms. The van der Waals surface area contributed by atoms with Crippen LogP contribution in [0.2, 0.25) is 5.15 Å². The minimum Gasteiger partial charge on any atom is -0.363 e. The summed E-state index contributed by atoms with van der Waals surface area (Å²) < 4.78 is 0. The number of hydrogen-bond donors (Lipinski definition) is 1. The van der Waals surface area contributed by atoms with Crippen molar-refractivity contribution in [1.82, 2.24) is 10.2 Å². The first-order valence-corrected chi connectivity index (χ1v) is 8.26. The number of anilines is 1. The Morgan fingerprint density at radius 2 is 2.00 bits per heavy atom. The van der Waals surface area contributed by atoms with Gasteiger partial charge in [0.05, 0.1) is 6.54 Å². The van der Waals surface area contributed by atoms with Gasteiger partial charge >= 0.3 is 0 Å². The van der Waals surface area contributed by atoms with Gasteiger partial charge in [-0.3, -0.25) is 0 Å². The molecular formula is C16H14ClN3S. The van der Waals surface area contributed by atoms with Gasteiger partial charge in [-0.1, -0.05) is 35.9 Å². The summed E-state index contributed by atoms with van der Waals surface area (Å²) in [5.41, 5.74) is 1.53. The van der Waals surface area contributed by atoms with Crippen LogP contribution in [0, 0.1) is 0 Å². The molecular weight excluding hydrogens is 302 g/mol. The van der Waals surface area contributed by atoms with Crippen LogP contribution in [0.3, 0.4) is 0 Å². The summed E-state index contributed by atoms with van der Waals surface area (Å²) in [7, 11) is 0. The van der Waals surface area contributed by atoms with E-state index in [1.54, 1.807) is 4.88 Å². The van der Waals surface area contributed by atoms with Gasteiger partial charge in [-0.05, 0) is 30.9 Å². The number of benzene rings is 1. The second-order valence-electron chi connectivity index (χ2n) is 5.25. The average Bonchev–Trinajstić information content (AvgIpc) is 3.08. The largest absolute Gasteiger partial charge is 0.363 e. The highest BCUT2D eigenvalue weighted by Gasteiger charge is 2.15. The van der Waals surface area contributed by atoms with Crippen molar-refractivity contribution in [3.05, 3.63) is 50.8 Å². The molecule has 3 nitrogen and oxygen atoms in total. The van der Waals surface area contributed by atoms with Gasteiger partial charge in [0.15, 0.2) is 11.0 Å². The molecule has 0 saturated heterocycles. The third-order valence-electron chi connectivity index (χ3n) is 3.87. The van der Waals surface area contributed by atoms with Gasteiger partial charge in [0.2, 0.25) is 0 Å². The van der Waals surface area contributed by atoms with Crippen molar-refractivity contribution in [3.8, 4) is 0 Å². The molecule has 1 aliphatic rings. The molecule has 0 fully saturated rings. The predicted molar refractivity (Wildman–Crippen MR) is 88.2 cm³/mol. The van der Waals surface area contributed by atoms with Crippen molar-refractivity contribution < 1.29 is 0 Å². The molecule has 1 aliphatic carbocycles. The number of aryl methyl sites for hydroxylation is 2. The van der Waals surface area contributed by atoms with Gasteiger partial charge in [-0.15, -0.1) is 21.5 Å². The van der Waals surface area contributed by atoms with Crippen molar-refractivity contribution in [2.45, 2.75) is 25.8 Å². The number of hydrogen-bond acceptors (Lipinski definition) is 4. The van der Waals surface area contributed by atoms with Gasteiger partial charge in [-0.2, -0.15) is 0 Å². The molecule has 0 radical (unpaired) electrons. The Bertz CT molecular complexity index is 791. The fourth-order valence-electron chi connectivity index (χ4n) is 2.85. The standard InChI is InChI=1S/C16H14ClN3S/c17-15-12-5-1-2-6-13(12)16(20-19-15)18-9-11-8-10-4-3-7-14(10)21-11/h1-2,5-6,8H,3-4,7,9H2,(H,18,20). The second kappa shape index (κ2) is 5.28. The zero-order valence-electron chi connectivity index (χ0n) is 11.4. The van der Waals surface area contributed by atoms with Crippen LogP contribution in [-0.2, 0) is 19.4 Å². The van der Waals surface area contributed by atoms with Gasteiger partial charge < -0.3 is 5.32 Å². The first-order chi connectivity index (χ1) is 10.3. The Morgan fingerprint density at radius 3 is 2.86 bits per heavy atom. The van der Waals surface area contributed by atoms with Crippen molar-refractivity contribution in [1.29, 1.82) is 0 Å². The number of nitrogens with zero attached hydrogens (tertiary/aromatic N) is 2. The van der Waals surface area contributed by atoms with Crippen molar-refractivity contribution in [3.63, 3.8) is 0 Å². The summed E-state index contributed by atoms with van der Waals surface area (Å²) in [6.07, 6.45) is 3.78. The number of halogens is 1. The maximum Gasteiger partial charge on any atom is 0.159 e. The molecule has 1 N–H and O–H groups in total. The number of fused-ring (bicyclic) bond motifs is 2. The molecule has 0 unspecified atom stereocenters. The van der Waals surface area contributed by atoms with E-state index in [2.05, 4.69) is 21.6 Å². The molecule has 0 atom stereocenters. The van der Waals surface area contributed by atoms with Crippen LogP contribution in [0.1, 0.15) is 21.7 Å². The third kappa shape index (κ3) is 2.39. The first kappa shape index (κ1) is 13.0. The fourth-order valence-corrected chi connectivity index (χ4v) is 4.25. The monoisotopic (exact) mass is 315 g/mol. The Balaban J connectivity index is 1.61. The lowest BCUT2D eigenvalue weighted by Crippen LogP contribution is -2.02. The van der Waals surface area contributed by atoms with Crippen molar-refractivity contribution >= 4 is 39.5 Å². The molecule has 3 aromatic rings. The Labute approximate surface area is 132 Å². The molecule has 5 heteroatoms. The zero-order chi connectivity index (χ0) is 14.2. The summed E-state index contributed by atoms with van der Waals surface area (Å²) in [5, 5.41) is 14.0. The first-order valence-electron chi connectivity index (χ1n) is 7.06. The number of thiophene rings is 1. The summed E-state index contributed by atoms with van der Waals surface area (Å²) >= 11 is 8.01. The second-order valence-corrected chi connectivity index (χ2v) is 6.83. The van der Waals surface area contributed by atoms with Gasteiger partial charge in [0, 0.05) is 20.5 Å². The summed E-state index contributed by atoms with van der Waals surface area (Å²) in [6, 6.07) is 10.3. The lowest BCUT2D eigenvalue weighted by atomic mass is 10.2. The van der Waals surface area contributed by atoms with Crippen LogP contribution in [0.5, 0.6) is 0 Å². The third-order valence-corrected chi connectivity index (χ3v) is 5.39. The molecule has 0 bridgehead atoms.